The van der Waals surface area contributed by atoms with Gasteiger partial charge in [0.05, 0.1) is 6.42 Å². The molecule has 0 spiro atoms. The van der Waals surface area contributed by atoms with Gasteiger partial charge >= 0.3 is 12.0 Å². The lowest BCUT2D eigenvalue weighted by molar-refractivity contribution is -0.137. The molecule has 0 heterocycles. The van der Waals surface area contributed by atoms with Crippen LogP contribution in [-0.2, 0) is 9.59 Å². The molecule has 1 unspecified atom stereocenters. The number of carboxylic acid groups (broad SMARTS) is 1. The van der Waals surface area contributed by atoms with Gasteiger partial charge in [-0.2, -0.15) is 0 Å². The number of carboxylic acids is 1. The number of carbonyl (C=O) groups is 3. The van der Waals surface area contributed by atoms with Gasteiger partial charge in [0.1, 0.15) is 0 Å². The molecule has 0 saturated heterocycles. The van der Waals surface area contributed by atoms with Crippen molar-refractivity contribution in [3.63, 3.8) is 0 Å². The smallest absolute Gasteiger partial charge is 0.315 e. The molecule has 7 nitrogen and oxygen atoms in total. The normalized spacial score (nSPS) is 15.6. The van der Waals surface area contributed by atoms with Crippen molar-refractivity contribution in [1.29, 1.82) is 0 Å². The van der Waals surface area contributed by atoms with E-state index in [-0.39, 0.29) is 30.3 Å². The topological polar surface area (TPSA) is 122 Å². The number of nitrogens with one attached hydrogen (secondary N) is 2. The van der Waals surface area contributed by atoms with Crippen molar-refractivity contribution in [2.24, 2.45) is 11.7 Å². The Morgan fingerprint density at radius 3 is 2.47 bits per heavy atom. The van der Waals surface area contributed by atoms with E-state index in [1.165, 1.54) is 0 Å². The van der Waals surface area contributed by atoms with Crippen LogP contribution in [0.15, 0.2) is 0 Å². The van der Waals surface area contributed by atoms with Crippen LogP contribution in [0.25, 0.3) is 0 Å². The molecular weight excluding hydrogens is 250 g/mol. The molecule has 0 aromatic rings. The van der Waals surface area contributed by atoms with Gasteiger partial charge < -0.3 is 21.5 Å². The number of primary amides is 1. The largest absolute Gasteiger partial charge is 0.481 e. The van der Waals surface area contributed by atoms with Crippen LogP contribution in [0.4, 0.5) is 4.79 Å². The van der Waals surface area contributed by atoms with Gasteiger partial charge in [0.2, 0.25) is 5.91 Å². The summed E-state index contributed by atoms with van der Waals surface area (Å²) in [7, 11) is 0. The van der Waals surface area contributed by atoms with E-state index >= 15 is 0 Å². The third-order valence-electron chi connectivity index (χ3n) is 3.04. The molecule has 0 aromatic carbocycles. The fourth-order valence-electron chi connectivity index (χ4n) is 1.87. The van der Waals surface area contributed by atoms with Gasteiger partial charge in [-0.15, -0.1) is 0 Å². The molecule has 5 N–H and O–H groups in total. The van der Waals surface area contributed by atoms with Crippen LogP contribution in [0.5, 0.6) is 0 Å². The van der Waals surface area contributed by atoms with Crippen LogP contribution < -0.4 is 16.4 Å². The first-order valence-corrected chi connectivity index (χ1v) is 6.53. The number of hydrogen-bond donors (Lipinski definition) is 4. The molecule has 0 aliphatic heterocycles. The highest BCUT2D eigenvalue weighted by atomic mass is 16.4. The molecule has 19 heavy (non-hydrogen) atoms. The first-order valence-electron chi connectivity index (χ1n) is 6.53. The summed E-state index contributed by atoms with van der Waals surface area (Å²) in [4.78, 5) is 32.7. The average molecular weight is 271 g/mol. The van der Waals surface area contributed by atoms with Crippen LogP contribution in [0, 0.1) is 5.92 Å². The Balaban J connectivity index is 2.14. The molecule has 1 saturated carbocycles. The van der Waals surface area contributed by atoms with Crippen molar-refractivity contribution < 1.29 is 19.5 Å². The van der Waals surface area contributed by atoms with Crippen LogP contribution in [0.2, 0.25) is 0 Å². The van der Waals surface area contributed by atoms with E-state index in [4.69, 9.17) is 10.8 Å². The van der Waals surface area contributed by atoms with Gasteiger partial charge in [-0.25, -0.2) is 4.79 Å². The van der Waals surface area contributed by atoms with Gasteiger partial charge in [0, 0.05) is 19.0 Å². The number of nitrogens with two attached hydrogens (primary N) is 1. The molecule has 1 fully saturated rings. The first kappa shape index (κ1) is 15.3. The second-order valence-electron chi connectivity index (χ2n) is 4.87. The quantitative estimate of drug-likeness (QED) is 0.447. The third kappa shape index (κ3) is 7.28. The lowest BCUT2D eigenvalue weighted by Crippen LogP contribution is -2.44. The van der Waals surface area contributed by atoms with E-state index in [0.717, 1.165) is 12.8 Å². The fourth-order valence-corrected chi connectivity index (χ4v) is 1.87. The minimum atomic E-state index is -0.904. The average Bonchev–Trinajstić information content (AvgIpc) is 3.10. The van der Waals surface area contributed by atoms with Gasteiger partial charge in [0.25, 0.3) is 0 Å². The number of rotatable bonds is 9. The molecule has 0 radical (unpaired) electrons. The summed E-state index contributed by atoms with van der Waals surface area (Å²) in [5.74, 6) is -0.963. The van der Waals surface area contributed by atoms with Gasteiger partial charge in [-0.1, -0.05) is 0 Å². The number of amides is 3. The minimum Gasteiger partial charge on any atom is -0.481 e. The highest BCUT2D eigenvalue weighted by Gasteiger charge is 2.33. The first-order chi connectivity index (χ1) is 8.99. The van der Waals surface area contributed by atoms with Crippen LogP contribution in [-0.4, -0.2) is 35.6 Å². The van der Waals surface area contributed by atoms with Gasteiger partial charge in [0.15, 0.2) is 0 Å². The SMILES string of the molecule is NC(=O)CCCCNC(=O)NC(CC(=O)O)C1CC1. The summed E-state index contributed by atoms with van der Waals surface area (Å²) < 4.78 is 0. The molecule has 0 bridgehead atoms. The van der Waals surface area contributed by atoms with Crippen LogP contribution in [0.1, 0.15) is 38.5 Å². The van der Waals surface area contributed by atoms with Crippen molar-refractivity contribution in [2.45, 2.75) is 44.6 Å². The number of carbonyl (C=O) groups excluding carboxylic acids is 2. The Hall–Kier alpha value is -1.79. The van der Waals surface area contributed by atoms with E-state index in [1.54, 1.807) is 0 Å². The van der Waals surface area contributed by atoms with E-state index < -0.39 is 5.97 Å². The Morgan fingerprint density at radius 1 is 1.26 bits per heavy atom. The van der Waals surface area contributed by atoms with E-state index in [0.29, 0.717) is 25.8 Å². The predicted octanol–water partition coefficient (Wildman–Crippen LogP) is 0.194. The fraction of sp³-hybridized carbons (Fsp3) is 0.750. The molecule has 7 heteroatoms. The molecular formula is C12H21N3O4. The van der Waals surface area contributed by atoms with E-state index in [9.17, 15) is 14.4 Å². The zero-order valence-electron chi connectivity index (χ0n) is 10.9. The monoisotopic (exact) mass is 271 g/mol. The highest BCUT2D eigenvalue weighted by Crippen LogP contribution is 2.33. The summed E-state index contributed by atoms with van der Waals surface area (Å²) in [6, 6.07) is -0.639. The molecule has 108 valence electrons. The molecule has 1 rings (SSSR count). The lowest BCUT2D eigenvalue weighted by atomic mass is 10.1. The lowest BCUT2D eigenvalue weighted by Gasteiger charge is -2.16. The van der Waals surface area contributed by atoms with Gasteiger partial charge in [-0.3, -0.25) is 9.59 Å². The summed E-state index contributed by atoms with van der Waals surface area (Å²) in [6.07, 6.45) is 3.51. The highest BCUT2D eigenvalue weighted by molar-refractivity contribution is 5.76. The summed E-state index contributed by atoms with van der Waals surface area (Å²) in [5.41, 5.74) is 4.99. The molecule has 1 aliphatic carbocycles. The standard InChI is InChI=1S/C12H21N3O4/c13-10(16)3-1-2-6-14-12(19)15-9(7-11(17)18)8-4-5-8/h8-9H,1-7H2,(H2,13,16)(H,17,18)(H2,14,15,19). The Labute approximate surface area is 111 Å². The van der Waals surface area contributed by atoms with Crippen molar-refractivity contribution in [2.75, 3.05) is 6.54 Å². The minimum absolute atomic E-state index is 0.0419. The maximum atomic E-state index is 11.6. The molecule has 1 atom stereocenters. The third-order valence-corrected chi connectivity index (χ3v) is 3.04. The number of hydrogen-bond acceptors (Lipinski definition) is 3. The second-order valence-corrected chi connectivity index (χ2v) is 4.87. The van der Waals surface area contributed by atoms with Crippen molar-refractivity contribution in [1.82, 2.24) is 10.6 Å². The summed E-state index contributed by atoms with van der Waals surface area (Å²) in [5, 5.41) is 14.1. The van der Waals surface area contributed by atoms with Crippen LogP contribution in [0.3, 0.4) is 0 Å². The van der Waals surface area contributed by atoms with Gasteiger partial charge in [-0.05, 0) is 31.6 Å². The summed E-state index contributed by atoms with van der Waals surface area (Å²) in [6.45, 7) is 0.448. The van der Waals surface area contributed by atoms with Crippen LogP contribution >= 0.6 is 0 Å². The van der Waals surface area contributed by atoms with Crippen molar-refractivity contribution in [3.05, 3.63) is 0 Å². The molecule has 0 aromatic heterocycles. The summed E-state index contributed by atoms with van der Waals surface area (Å²) >= 11 is 0. The number of unbranched alkanes of at least 4 members (excludes halogenated alkanes) is 1. The Bertz CT molecular complexity index is 342. The zero-order valence-corrected chi connectivity index (χ0v) is 10.9. The number of aliphatic carboxylic acids is 1. The molecule has 3 amide bonds. The maximum absolute atomic E-state index is 11.6. The maximum Gasteiger partial charge on any atom is 0.315 e. The van der Waals surface area contributed by atoms with E-state index in [2.05, 4.69) is 10.6 Å². The zero-order chi connectivity index (χ0) is 14.3. The second kappa shape index (κ2) is 7.60. The van der Waals surface area contributed by atoms with Crippen molar-refractivity contribution in [3.8, 4) is 0 Å². The Morgan fingerprint density at radius 2 is 1.95 bits per heavy atom. The number of urea groups is 1. The molecule has 1 aliphatic rings. The Kier molecular flexibility index (Phi) is 6.11. The predicted molar refractivity (Wildman–Crippen MR) is 68.3 cm³/mol. The van der Waals surface area contributed by atoms with E-state index in [1.807, 2.05) is 0 Å². The van der Waals surface area contributed by atoms with Crippen molar-refractivity contribution >= 4 is 17.9 Å².